The SMILES string of the molecule is COc1ccccc1C1(CC(N)C(=O)O)COC1. The molecule has 1 saturated heterocycles. The van der Waals surface area contributed by atoms with Crippen molar-refractivity contribution in [3.8, 4) is 5.75 Å². The number of hydrogen-bond acceptors (Lipinski definition) is 4. The Morgan fingerprint density at radius 3 is 2.72 bits per heavy atom. The monoisotopic (exact) mass is 251 g/mol. The number of rotatable bonds is 5. The predicted molar refractivity (Wildman–Crippen MR) is 65.7 cm³/mol. The van der Waals surface area contributed by atoms with Gasteiger partial charge in [0, 0.05) is 11.0 Å². The molecule has 1 heterocycles. The Morgan fingerprint density at radius 2 is 2.22 bits per heavy atom. The van der Waals surface area contributed by atoms with Crippen LogP contribution in [0.3, 0.4) is 0 Å². The molecule has 0 amide bonds. The summed E-state index contributed by atoms with van der Waals surface area (Å²) in [5.74, 6) is -0.241. The largest absolute Gasteiger partial charge is 0.496 e. The molecule has 0 bridgehead atoms. The molecule has 1 aliphatic heterocycles. The maximum absolute atomic E-state index is 10.9. The standard InChI is InChI=1S/C13H17NO4/c1-17-11-5-3-2-4-9(11)13(7-18-8-13)6-10(14)12(15)16/h2-5,10H,6-8,14H2,1H3,(H,15,16). The molecule has 1 fully saturated rings. The number of methoxy groups -OCH3 is 1. The van der Waals surface area contributed by atoms with Gasteiger partial charge in [0.25, 0.3) is 0 Å². The molecule has 5 nitrogen and oxygen atoms in total. The first kappa shape index (κ1) is 12.9. The third-order valence-corrected chi connectivity index (χ3v) is 3.36. The summed E-state index contributed by atoms with van der Waals surface area (Å²) in [6.45, 7) is 0.961. The van der Waals surface area contributed by atoms with Crippen LogP contribution in [0, 0.1) is 0 Å². The average Bonchev–Trinajstić information content (AvgIpc) is 2.33. The van der Waals surface area contributed by atoms with Crippen LogP contribution in [0.4, 0.5) is 0 Å². The molecule has 0 radical (unpaired) electrons. The van der Waals surface area contributed by atoms with E-state index in [1.807, 2.05) is 24.3 Å². The van der Waals surface area contributed by atoms with Gasteiger partial charge in [-0.05, 0) is 12.5 Å². The lowest BCUT2D eigenvalue weighted by Crippen LogP contribution is -2.52. The second kappa shape index (κ2) is 4.96. The minimum Gasteiger partial charge on any atom is -0.496 e. The number of aliphatic carboxylic acids is 1. The van der Waals surface area contributed by atoms with Gasteiger partial charge in [-0.15, -0.1) is 0 Å². The third kappa shape index (κ3) is 2.19. The van der Waals surface area contributed by atoms with E-state index in [2.05, 4.69) is 0 Å². The molecule has 0 aromatic heterocycles. The quantitative estimate of drug-likeness (QED) is 0.807. The highest BCUT2D eigenvalue weighted by atomic mass is 16.5. The van der Waals surface area contributed by atoms with E-state index in [-0.39, 0.29) is 5.41 Å². The van der Waals surface area contributed by atoms with E-state index in [9.17, 15) is 4.79 Å². The van der Waals surface area contributed by atoms with Crippen molar-refractivity contribution in [2.75, 3.05) is 20.3 Å². The molecular weight excluding hydrogens is 234 g/mol. The summed E-state index contributed by atoms with van der Waals surface area (Å²) >= 11 is 0. The van der Waals surface area contributed by atoms with Crippen LogP contribution >= 0.6 is 0 Å². The third-order valence-electron chi connectivity index (χ3n) is 3.36. The number of nitrogens with two attached hydrogens (primary N) is 1. The Balaban J connectivity index is 2.29. The number of para-hydroxylation sites is 1. The highest BCUT2D eigenvalue weighted by Crippen LogP contribution is 2.41. The molecule has 1 aromatic rings. The fourth-order valence-electron chi connectivity index (χ4n) is 2.32. The van der Waals surface area contributed by atoms with Gasteiger partial charge < -0.3 is 20.3 Å². The van der Waals surface area contributed by atoms with E-state index in [4.69, 9.17) is 20.3 Å². The summed E-state index contributed by atoms with van der Waals surface area (Å²) in [7, 11) is 1.60. The molecule has 2 rings (SSSR count). The molecule has 98 valence electrons. The number of carboxylic acid groups (broad SMARTS) is 1. The van der Waals surface area contributed by atoms with Crippen LogP contribution in [0.2, 0.25) is 0 Å². The zero-order valence-electron chi connectivity index (χ0n) is 10.3. The maximum Gasteiger partial charge on any atom is 0.320 e. The first-order valence-corrected chi connectivity index (χ1v) is 5.79. The van der Waals surface area contributed by atoms with Gasteiger partial charge in [0.05, 0.1) is 20.3 Å². The molecular formula is C13H17NO4. The number of carbonyl (C=O) groups is 1. The van der Waals surface area contributed by atoms with Gasteiger partial charge in [0.2, 0.25) is 0 Å². The van der Waals surface area contributed by atoms with Gasteiger partial charge in [-0.2, -0.15) is 0 Å². The normalized spacial score (nSPS) is 18.8. The highest BCUT2D eigenvalue weighted by molar-refractivity contribution is 5.73. The summed E-state index contributed by atoms with van der Waals surface area (Å²) in [4.78, 5) is 10.9. The van der Waals surface area contributed by atoms with Crippen molar-refractivity contribution in [2.45, 2.75) is 17.9 Å². The first-order valence-electron chi connectivity index (χ1n) is 5.79. The fourth-order valence-corrected chi connectivity index (χ4v) is 2.32. The van der Waals surface area contributed by atoms with E-state index in [1.165, 1.54) is 0 Å². The molecule has 1 unspecified atom stereocenters. The van der Waals surface area contributed by atoms with Crippen molar-refractivity contribution in [1.82, 2.24) is 0 Å². The Kier molecular flexibility index (Phi) is 3.54. The molecule has 5 heteroatoms. The number of hydrogen-bond donors (Lipinski definition) is 2. The molecule has 1 atom stereocenters. The number of carboxylic acids is 1. The van der Waals surface area contributed by atoms with E-state index in [0.29, 0.717) is 19.6 Å². The topological polar surface area (TPSA) is 81.8 Å². The average molecular weight is 251 g/mol. The Morgan fingerprint density at radius 1 is 1.56 bits per heavy atom. The van der Waals surface area contributed by atoms with Crippen LogP contribution in [0.1, 0.15) is 12.0 Å². The minimum absolute atomic E-state index is 0.343. The second-order valence-corrected chi connectivity index (χ2v) is 4.62. The summed E-state index contributed by atoms with van der Waals surface area (Å²) in [6, 6.07) is 6.70. The Labute approximate surface area is 106 Å². The van der Waals surface area contributed by atoms with Gasteiger partial charge >= 0.3 is 5.97 Å². The van der Waals surface area contributed by atoms with Gasteiger partial charge in [-0.3, -0.25) is 4.79 Å². The van der Waals surface area contributed by atoms with Crippen molar-refractivity contribution in [3.63, 3.8) is 0 Å². The highest BCUT2D eigenvalue weighted by Gasteiger charge is 2.44. The molecule has 1 aromatic carbocycles. The van der Waals surface area contributed by atoms with Crippen LogP contribution in [0.15, 0.2) is 24.3 Å². The first-order chi connectivity index (χ1) is 8.59. The van der Waals surface area contributed by atoms with Gasteiger partial charge in [0.1, 0.15) is 11.8 Å². The maximum atomic E-state index is 10.9. The summed E-state index contributed by atoms with van der Waals surface area (Å²) in [5, 5.41) is 8.94. The van der Waals surface area contributed by atoms with Crippen LogP contribution in [0.25, 0.3) is 0 Å². The summed E-state index contributed by atoms with van der Waals surface area (Å²) in [5.41, 5.74) is 6.27. The van der Waals surface area contributed by atoms with Crippen LogP contribution in [-0.2, 0) is 14.9 Å². The lowest BCUT2D eigenvalue weighted by molar-refractivity contribution is -0.141. The van der Waals surface area contributed by atoms with Crippen molar-refractivity contribution in [3.05, 3.63) is 29.8 Å². The molecule has 0 aliphatic carbocycles. The van der Waals surface area contributed by atoms with Crippen LogP contribution in [0.5, 0.6) is 5.75 Å². The van der Waals surface area contributed by atoms with Crippen molar-refractivity contribution in [1.29, 1.82) is 0 Å². The summed E-state index contributed by atoms with van der Waals surface area (Å²) < 4.78 is 10.6. The number of ether oxygens (including phenoxy) is 2. The van der Waals surface area contributed by atoms with E-state index in [0.717, 1.165) is 11.3 Å². The minimum atomic E-state index is -0.990. The van der Waals surface area contributed by atoms with E-state index < -0.39 is 12.0 Å². The van der Waals surface area contributed by atoms with E-state index >= 15 is 0 Å². The van der Waals surface area contributed by atoms with Gasteiger partial charge in [0.15, 0.2) is 0 Å². The second-order valence-electron chi connectivity index (χ2n) is 4.62. The van der Waals surface area contributed by atoms with Crippen LogP contribution < -0.4 is 10.5 Å². The fraction of sp³-hybridized carbons (Fsp3) is 0.462. The van der Waals surface area contributed by atoms with E-state index in [1.54, 1.807) is 7.11 Å². The van der Waals surface area contributed by atoms with Gasteiger partial charge in [-0.1, -0.05) is 18.2 Å². The zero-order chi connectivity index (χ0) is 13.2. The van der Waals surface area contributed by atoms with Crippen molar-refractivity contribution in [2.24, 2.45) is 5.73 Å². The predicted octanol–water partition coefficient (Wildman–Crippen LogP) is 0.765. The number of benzene rings is 1. The molecule has 18 heavy (non-hydrogen) atoms. The van der Waals surface area contributed by atoms with Crippen molar-refractivity contribution >= 4 is 5.97 Å². The van der Waals surface area contributed by atoms with Gasteiger partial charge in [-0.25, -0.2) is 0 Å². The lowest BCUT2D eigenvalue weighted by atomic mass is 9.73. The molecule has 0 spiro atoms. The summed E-state index contributed by atoms with van der Waals surface area (Å²) in [6.07, 6.45) is 0.350. The zero-order valence-corrected chi connectivity index (χ0v) is 10.3. The lowest BCUT2D eigenvalue weighted by Gasteiger charge is -2.43. The molecule has 1 aliphatic rings. The molecule has 3 N–H and O–H groups in total. The van der Waals surface area contributed by atoms with Crippen molar-refractivity contribution < 1.29 is 19.4 Å². The Bertz CT molecular complexity index is 442. The smallest absolute Gasteiger partial charge is 0.320 e. The molecule has 0 saturated carbocycles. The Hall–Kier alpha value is -1.59. The van der Waals surface area contributed by atoms with Crippen LogP contribution in [-0.4, -0.2) is 37.4 Å².